The van der Waals surface area contributed by atoms with E-state index in [1.165, 1.54) is 12.4 Å². The number of hydrogen-bond donors (Lipinski definition) is 1. The topological polar surface area (TPSA) is 97.3 Å². The first kappa shape index (κ1) is 25.7. The van der Waals surface area contributed by atoms with E-state index in [-0.39, 0.29) is 10.8 Å². The van der Waals surface area contributed by atoms with Crippen molar-refractivity contribution < 1.29 is 22.7 Å². The van der Waals surface area contributed by atoms with Crippen molar-refractivity contribution in [3.8, 4) is 11.5 Å². The molecular weight excluding hydrogens is 545 g/mol. The van der Waals surface area contributed by atoms with E-state index in [4.69, 9.17) is 9.47 Å². The van der Waals surface area contributed by atoms with Gasteiger partial charge < -0.3 is 19.7 Å². The fourth-order valence-electron chi connectivity index (χ4n) is 2.62. The highest BCUT2D eigenvalue weighted by atomic mass is 127. The quantitative estimate of drug-likeness (QED) is 0.204. The van der Waals surface area contributed by atoms with Crippen molar-refractivity contribution in [3.05, 3.63) is 57.2 Å². The second-order valence-corrected chi connectivity index (χ2v) is 9.67. The molecule has 0 radical (unpaired) electrons. The predicted octanol–water partition coefficient (Wildman–Crippen LogP) is 2.96. The lowest BCUT2D eigenvalue weighted by molar-refractivity contribution is -0.116. The molecule has 32 heavy (non-hydrogen) atoms. The van der Waals surface area contributed by atoms with Crippen LogP contribution in [0.3, 0.4) is 0 Å². The Morgan fingerprint density at radius 2 is 1.91 bits per heavy atom. The molecule has 2 rings (SSSR count). The van der Waals surface area contributed by atoms with Crippen LogP contribution in [0.4, 0.5) is 0 Å². The molecule has 0 spiro atoms. The Morgan fingerprint density at radius 1 is 1.16 bits per heavy atom. The summed E-state index contributed by atoms with van der Waals surface area (Å²) in [4.78, 5) is 13.9. The lowest BCUT2D eigenvalue weighted by atomic mass is 10.1. The first-order chi connectivity index (χ1) is 15.2. The fraction of sp³-hybridized carbons (Fsp3) is 0.273. The molecule has 8 nitrogen and oxygen atoms in total. The summed E-state index contributed by atoms with van der Waals surface area (Å²) in [6, 6.07) is 10.5. The highest BCUT2D eigenvalue weighted by Gasteiger charge is 2.17. The van der Waals surface area contributed by atoms with Crippen molar-refractivity contribution in [2.24, 2.45) is 4.40 Å². The van der Waals surface area contributed by atoms with E-state index in [1.807, 2.05) is 28.7 Å². The van der Waals surface area contributed by atoms with Crippen molar-refractivity contribution in [2.45, 2.75) is 11.3 Å². The Morgan fingerprint density at radius 3 is 2.56 bits per heavy atom. The Labute approximate surface area is 202 Å². The van der Waals surface area contributed by atoms with E-state index in [0.717, 1.165) is 11.1 Å². The van der Waals surface area contributed by atoms with E-state index >= 15 is 0 Å². The standard InChI is InChI=1S/C22H26IN3O5S/c1-26(2)15-25-32(28,29)21-13-16(5-9-19(21)23)11-12-24-22(27)10-7-17-6-8-18(30-3)14-20(17)31-4/h5-10,13-15H,11-12H2,1-4H3,(H,24,27)/b10-7+,25-15?. The van der Waals surface area contributed by atoms with Gasteiger partial charge in [0.2, 0.25) is 5.91 Å². The second kappa shape index (κ2) is 11.9. The van der Waals surface area contributed by atoms with Crippen LogP contribution in [0.15, 0.2) is 51.8 Å². The Hall–Kier alpha value is -2.60. The Kier molecular flexibility index (Phi) is 9.51. The third-order valence-electron chi connectivity index (χ3n) is 4.26. The lowest BCUT2D eigenvalue weighted by Gasteiger charge is -2.08. The molecule has 2 aromatic rings. The maximum atomic E-state index is 12.5. The largest absolute Gasteiger partial charge is 0.497 e. The van der Waals surface area contributed by atoms with Crippen molar-refractivity contribution in [1.29, 1.82) is 0 Å². The summed E-state index contributed by atoms with van der Waals surface area (Å²) < 4.78 is 39.7. The van der Waals surface area contributed by atoms with Gasteiger partial charge in [-0.25, -0.2) is 0 Å². The first-order valence-electron chi connectivity index (χ1n) is 9.59. The number of halogens is 1. The molecular formula is C22H26IN3O5S. The molecule has 2 aromatic carbocycles. The zero-order valence-electron chi connectivity index (χ0n) is 18.3. The van der Waals surface area contributed by atoms with Gasteiger partial charge in [0.1, 0.15) is 22.7 Å². The van der Waals surface area contributed by atoms with Crippen LogP contribution < -0.4 is 14.8 Å². The normalized spacial score (nSPS) is 11.7. The van der Waals surface area contributed by atoms with Crippen molar-refractivity contribution in [3.63, 3.8) is 0 Å². The first-order valence-corrected chi connectivity index (χ1v) is 12.1. The second-order valence-electron chi connectivity index (χ2n) is 6.91. The van der Waals surface area contributed by atoms with Gasteiger partial charge in [0, 0.05) is 41.9 Å². The van der Waals surface area contributed by atoms with Crippen LogP contribution >= 0.6 is 22.6 Å². The van der Waals surface area contributed by atoms with Gasteiger partial charge in [0.05, 0.1) is 14.2 Å². The number of hydrogen-bond acceptors (Lipinski definition) is 5. The molecule has 172 valence electrons. The third kappa shape index (κ3) is 7.52. The number of methoxy groups -OCH3 is 2. The Balaban J connectivity index is 2.00. The van der Waals surface area contributed by atoms with Crippen molar-refractivity contribution in [2.75, 3.05) is 34.9 Å². The van der Waals surface area contributed by atoms with Crippen molar-refractivity contribution in [1.82, 2.24) is 10.2 Å². The molecule has 10 heteroatoms. The van der Waals surface area contributed by atoms with Gasteiger partial charge in [-0.15, -0.1) is 4.40 Å². The van der Waals surface area contributed by atoms with Gasteiger partial charge in [-0.05, 0) is 64.9 Å². The molecule has 0 fully saturated rings. The number of nitrogens with zero attached hydrogens (tertiary/aromatic N) is 2. The molecule has 1 amide bonds. The molecule has 0 saturated heterocycles. The molecule has 0 heterocycles. The molecule has 0 bridgehead atoms. The molecule has 0 aliphatic heterocycles. The Bertz CT molecular complexity index is 1110. The van der Waals surface area contributed by atoms with Gasteiger partial charge in [0.25, 0.3) is 10.0 Å². The van der Waals surface area contributed by atoms with E-state index in [2.05, 4.69) is 9.71 Å². The molecule has 0 atom stereocenters. The summed E-state index contributed by atoms with van der Waals surface area (Å²) in [5.74, 6) is 0.990. The minimum Gasteiger partial charge on any atom is -0.497 e. The van der Waals surface area contributed by atoms with E-state index in [1.54, 1.807) is 69.6 Å². The van der Waals surface area contributed by atoms with Crippen LogP contribution in [0.5, 0.6) is 11.5 Å². The number of carbonyl (C=O) groups is 1. The zero-order chi connectivity index (χ0) is 23.7. The molecule has 0 aliphatic carbocycles. The predicted molar refractivity (Wildman–Crippen MR) is 134 cm³/mol. The van der Waals surface area contributed by atoms with Crippen LogP contribution in [0, 0.1) is 3.57 Å². The molecule has 0 saturated carbocycles. The number of rotatable bonds is 10. The average molecular weight is 571 g/mol. The SMILES string of the molecule is COc1ccc(/C=C/C(=O)NCCc2ccc(I)c(S(=O)(=O)N=CN(C)C)c2)c(OC)c1. The van der Waals surface area contributed by atoms with Crippen LogP contribution in [0.1, 0.15) is 11.1 Å². The van der Waals surface area contributed by atoms with Gasteiger partial charge >= 0.3 is 0 Å². The lowest BCUT2D eigenvalue weighted by Crippen LogP contribution is -2.23. The minimum absolute atomic E-state index is 0.145. The zero-order valence-corrected chi connectivity index (χ0v) is 21.3. The minimum atomic E-state index is -3.80. The number of sulfonamides is 1. The number of ether oxygens (including phenoxy) is 2. The summed E-state index contributed by atoms with van der Waals surface area (Å²) in [6.45, 7) is 0.351. The maximum absolute atomic E-state index is 12.5. The summed E-state index contributed by atoms with van der Waals surface area (Å²) in [5, 5.41) is 2.80. The smallest absolute Gasteiger partial charge is 0.284 e. The number of amides is 1. The van der Waals surface area contributed by atoms with Gasteiger partial charge in [0.15, 0.2) is 0 Å². The van der Waals surface area contributed by atoms with Crippen molar-refractivity contribution >= 4 is 50.9 Å². The average Bonchev–Trinajstić information content (AvgIpc) is 2.77. The van der Waals surface area contributed by atoms with Crippen LogP contribution in [-0.4, -0.2) is 60.4 Å². The highest BCUT2D eigenvalue weighted by molar-refractivity contribution is 14.1. The number of carbonyl (C=O) groups excluding carboxylic acids is 1. The summed E-state index contributed by atoms with van der Waals surface area (Å²) in [7, 11) is 2.71. The summed E-state index contributed by atoms with van der Waals surface area (Å²) >= 11 is 1.97. The molecule has 0 aliphatic rings. The highest BCUT2D eigenvalue weighted by Crippen LogP contribution is 2.25. The summed E-state index contributed by atoms with van der Waals surface area (Å²) in [6.07, 6.45) is 4.81. The third-order valence-corrected chi connectivity index (χ3v) is 6.83. The monoisotopic (exact) mass is 571 g/mol. The van der Waals surface area contributed by atoms with Gasteiger partial charge in [-0.3, -0.25) is 4.79 Å². The fourth-order valence-corrected chi connectivity index (χ4v) is 4.84. The van der Waals surface area contributed by atoms with E-state index in [0.29, 0.717) is 28.0 Å². The number of benzene rings is 2. The van der Waals surface area contributed by atoms with E-state index in [9.17, 15) is 13.2 Å². The summed E-state index contributed by atoms with van der Waals surface area (Å²) in [5.41, 5.74) is 1.53. The molecule has 0 aromatic heterocycles. The van der Waals surface area contributed by atoms with E-state index < -0.39 is 10.0 Å². The van der Waals surface area contributed by atoms with Gasteiger partial charge in [-0.1, -0.05) is 6.07 Å². The number of nitrogens with one attached hydrogen (secondary N) is 1. The van der Waals surface area contributed by atoms with Gasteiger partial charge in [-0.2, -0.15) is 8.42 Å². The molecule has 1 N–H and O–H groups in total. The molecule has 0 unspecified atom stereocenters. The maximum Gasteiger partial charge on any atom is 0.284 e. The van der Waals surface area contributed by atoms with Crippen LogP contribution in [-0.2, 0) is 21.2 Å². The van der Waals surface area contributed by atoms with Crippen LogP contribution in [0.2, 0.25) is 0 Å². The van der Waals surface area contributed by atoms with Crippen LogP contribution in [0.25, 0.3) is 6.08 Å².